The molecular formula is C73H86Cl3F7N8O8. The molecule has 0 radical (unpaired) electrons. The number of carbonyl (C=O) groups is 5. The molecular weight excluding hydrogens is 1360 g/mol. The molecule has 0 saturated carbocycles. The zero-order valence-electron chi connectivity index (χ0n) is 55.6. The lowest BCUT2D eigenvalue weighted by molar-refractivity contribution is -0.143. The molecule has 1 spiro atoms. The molecule has 0 unspecified atom stereocenters. The van der Waals surface area contributed by atoms with Crippen molar-refractivity contribution in [3.63, 3.8) is 0 Å². The van der Waals surface area contributed by atoms with Gasteiger partial charge < -0.3 is 49.3 Å². The summed E-state index contributed by atoms with van der Waals surface area (Å²) in [6.45, 7) is 4.80. The third kappa shape index (κ3) is 19.3. The average molecular weight is 1440 g/mol. The number of unbranched alkanes of at least 4 members (excludes halogenated alkanes) is 2. The van der Waals surface area contributed by atoms with Crippen molar-refractivity contribution >= 4 is 78.3 Å². The number of piperidine rings is 2. The van der Waals surface area contributed by atoms with Gasteiger partial charge in [0.1, 0.15) is 24.8 Å². The second-order valence-electron chi connectivity index (χ2n) is 25.8. The highest BCUT2D eigenvalue weighted by atomic mass is 35.5. The number of hydrogen-bond acceptors (Lipinski definition) is 10. The minimum Gasteiger partial charge on any atom is -0.465 e. The molecule has 10 rings (SSSR count). The summed E-state index contributed by atoms with van der Waals surface area (Å²) < 4.78 is 110. The third-order valence-corrected chi connectivity index (χ3v) is 19.6. The van der Waals surface area contributed by atoms with Crippen LogP contribution < -0.4 is 10.2 Å². The summed E-state index contributed by atoms with van der Waals surface area (Å²) in [6.07, 6.45) is -5.11. The number of rotatable bonds is 25. The van der Waals surface area contributed by atoms with Gasteiger partial charge >= 0.3 is 18.4 Å². The van der Waals surface area contributed by atoms with E-state index in [9.17, 15) is 59.8 Å². The largest absolute Gasteiger partial charge is 0.465 e. The summed E-state index contributed by atoms with van der Waals surface area (Å²) in [4.78, 5) is 78.7. The average Bonchev–Trinajstić information content (AvgIpc) is 1.61. The standard InChI is InChI=1S/C73H83F7N8O8.3ClH/c1-82(42-43-85-35-29-60(30-36-85)88(69(93)94)63-19-12-10-17-61(63)51-14-6-4-7-15-51)65(89)20-8-5-13-34-81-59-27-21-52(22-28-59)67(91)84(3)41-40-83(2)66(90)48-95-64-46-53-16-9-11-18-62(53)70(64)31-37-86(38-32-70)39-33-71(55-23-25-58(74)26-24-55)49-87(50-96-71)68(92)54-44-56(72(75,76)77)47-57(45-54)73(78,79)80;;;/h4,6-7,9-12,14-19,21-28,44-45,47,60,64,81H,5,8,13,20,29-43,46,48-50H2,1-3H3,(H,93,94);3*1H/t64-,71-;;;/m0.../s1. The molecule has 5 amide bonds. The normalized spacial score (nSPS) is 17.7. The second kappa shape index (κ2) is 34.7. The Bertz CT molecular complexity index is 3650. The highest BCUT2D eigenvalue weighted by Gasteiger charge is 2.50. The summed E-state index contributed by atoms with van der Waals surface area (Å²) in [5.41, 5.74) is 0.955. The number of likely N-dealkylation sites (N-methyl/N-ethyl adjacent to an activating group) is 3. The lowest BCUT2D eigenvalue weighted by Crippen LogP contribution is -2.50. The first kappa shape index (κ1) is 78.8. The van der Waals surface area contributed by atoms with Gasteiger partial charge in [-0.05, 0) is 147 Å². The van der Waals surface area contributed by atoms with E-state index in [1.165, 1.54) is 29.2 Å². The fourth-order valence-corrected chi connectivity index (χ4v) is 13.9. The first-order chi connectivity index (χ1) is 45.9. The number of ether oxygens (including phenoxy) is 2. The van der Waals surface area contributed by atoms with E-state index in [4.69, 9.17) is 9.47 Å². The Morgan fingerprint density at radius 2 is 1.26 bits per heavy atom. The predicted molar refractivity (Wildman–Crippen MR) is 373 cm³/mol. The molecule has 3 fully saturated rings. The lowest BCUT2D eigenvalue weighted by Gasteiger charge is -2.44. The topological polar surface area (TPSA) is 159 Å². The monoisotopic (exact) mass is 1440 g/mol. The molecule has 26 heteroatoms. The Morgan fingerprint density at radius 3 is 1.92 bits per heavy atom. The summed E-state index contributed by atoms with van der Waals surface area (Å²) >= 11 is 0. The van der Waals surface area contributed by atoms with Crippen LogP contribution in [0, 0.1) is 5.82 Å². The number of nitrogens with one attached hydrogen (secondary N) is 1. The number of carboxylic acid groups (broad SMARTS) is 1. The molecule has 4 aliphatic rings. The molecule has 536 valence electrons. The molecule has 3 aliphatic heterocycles. The van der Waals surface area contributed by atoms with E-state index in [0.717, 1.165) is 71.7 Å². The van der Waals surface area contributed by atoms with Crippen LogP contribution in [0.3, 0.4) is 0 Å². The molecule has 2 atom stereocenters. The molecule has 3 saturated heterocycles. The quantitative estimate of drug-likeness (QED) is 0.0415. The molecule has 16 nitrogen and oxygen atoms in total. The van der Waals surface area contributed by atoms with Crippen molar-refractivity contribution in [3.8, 4) is 11.1 Å². The van der Waals surface area contributed by atoms with E-state index in [1.807, 2.05) is 85.9 Å². The van der Waals surface area contributed by atoms with E-state index in [-0.39, 0.29) is 106 Å². The highest BCUT2D eigenvalue weighted by molar-refractivity contribution is 5.96. The molecule has 0 bridgehead atoms. The van der Waals surface area contributed by atoms with Crippen molar-refractivity contribution < 1.29 is 69.3 Å². The van der Waals surface area contributed by atoms with Crippen molar-refractivity contribution in [3.05, 3.63) is 190 Å². The van der Waals surface area contributed by atoms with Gasteiger partial charge in [-0.25, -0.2) is 9.18 Å². The van der Waals surface area contributed by atoms with E-state index in [0.29, 0.717) is 100 Å². The molecule has 2 N–H and O–H groups in total. The Balaban J connectivity index is 0.00000459. The van der Waals surface area contributed by atoms with Crippen LogP contribution in [-0.4, -0.2) is 183 Å². The number of anilines is 2. The van der Waals surface area contributed by atoms with Crippen LogP contribution in [0.1, 0.15) is 106 Å². The molecule has 99 heavy (non-hydrogen) atoms. The number of amides is 5. The minimum absolute atomic E-state index is 0. The van der Waals surface area contributed by atoms with Gasteiger partial charge in [-0.3, -0.25) is 24.1 Å². The number of benzene rings is 6. The lowest BCUT2D eigenvalue weighted by atomic mass is 9.72. The Hall–Kier alpha value is -7.51. The van der Waals surface area contributed by atoms with Crippen LogP contribution >= 0.6 is 37.2 Å². The van der Waals surface area contributed by atoms with E-state index in [2.05, 4.69) is 27.2 Å². The van der Waals surface area contributed by atoms with Crippen molar-refractivity contribution in [2.45, 2.75) is 99.7 Å². The number of para-hydroxylation sites is 1. The summed E-state index contributed by atoms with van der Waals surface area (Å²) in [7, 11) is 5.20. The number of halogens is 10. The van der Waals surface area contributed by atoms with Gasteiger partial charge in [-0.1, -0.05) is 91.3 Å². The van der Waals surface area contributed by atoms with E-state index in [1.54, 1.807) is 40.9 Å². The number of likely N-dealkylation sites (tertiary alicyclic amines) is 2. The first-order valence-corrected chi connectivity index (χ1v) is 32.8. The third-order valence-electron chi connectivity index (χ3n) is 19.6. The number of nitrogens with zero attached hydrogens (tertiary/aromatic N) is 7. The van der Waals surface area contributed by atoms with Crippen LogP contribution in [0.2, 0.25) is 0 Å². The summed E-state index contributed by atoms with van der Waals surface area (Å²) in [5, 5.41) is 13.8. The number of hydrogen-bond donors (Lipinski definition) is 2. The summed E-state index contributed by atoms with van der Waals surface area (Å²) in [5.74, 6) is -1.96. The maximum absolute atomic E-state index is 14.2. The van der Waals surface area contributed by atoms with Gasteiger partial charge in [0.2, 0.25) is 11.8 Å². The van der Waals surface area contributed by atoms with Gasteiger partial charge in [-0.2, -0.15) is 26.3 Å². The van der Waals surface area contributed by atoms with Gasteiger partial charge in [0.05, 0.1) is 29.5 Å². The minimum atomic E-state index is -5.15. The molecule has 6 aromatic carbocycles. The van der Waals surface area contributed by atoms with Gasteiger partial charge in [0.25, 0.3) is 11.8 Å². The molecule has 6 aromatic rings. The number of fused-ring (bicyclic) bond motifs is 2. The van der Waals surface area contributed by atoms with Crippen molar-refractivity contribution in [1.82, 2.24) is 29.4 Å². The smallest absolute Gasteiger partial charge is 0.416 e. The predicted octanol–water partition coefficient (Wildman–Crippen LogP) is 13.8. The maximum atomic E-state index is 14.2. The van der Waals surface area contributed by atoms with E-state index < -0.39 is 64.6 Å². The van der Waals surface area contributed by atoms with Gasteiger partial charge in [-0.15, -0.1) is 37.2 Å². The molecule has 0 aromatic heterocycles. The second-order valence-corrected chi connectivity index (χ2v) is 25.8. The van der Waals surface area contributed by atoms with Crippen molar-refractivity contribution in [2.24, 2.45) is 0 Å². The van der Waals surface area contributed by atoms with Crippen molar-refractivity contribution in [2.75, 3.05) is 117 Å². The first-order valence-electron chi connectivity index (χ1n) is 32.8. The van der Waals surface area contributed by atoms with Gasteiger partial charge in [0, 0.05) is 114 Å². The summed E-state index contributed by atoms with van der Waals surface area (Å²) in [6, 6.07) is 38.9. The zero-order chi connectivity index (χ0) is 68.4. The SMILES string of the molecule is CN(CCN1CCC(N(C(=O)O)c2ccccc2-c2ccccc2)CC1)C(=O)CCCCCNc1ccc(C(=O)N(C)CCN(C)C(=O)CO[C@H]2Cc3ccccc3C23CCN(CC[C@@]2(c4ccc(F)cc4)CN(C(=O)c4cc(C(F)(F)F)cc(C(F)(F)F)c4)CO2)CC3)cc1.Cl.Cl.Cl. The van der Waals surface area contributed by atoms with Crippen LogP contribution in [0.15, 0.2) is 146 Å². The fourth-order valence-electron chi connectivity index (χ4n) is 13.9. The van der Waals surface area contributed by atoms with E-state index >= 15 is 0 Å². The Labute approximate surface area is 592 Å². The van der Waals surface area contributed by atoms with Crippen LogP contribution in [0.4, 0.5) is 46.9 Å². The molecule has 3 heterocycles. The maximum Gasteiger partial charge on any atom is 0.416 e. The molecule has 1 aliphatic carbocycles. The van der Waals surface area contributed by atoms with Crippen molar-refractivity contribution in [1.29, 1.82) is 0 Å². The Kier molecular flexibility index (Phi) is 27.6. The van der Waals surface area contributed by atoms with Crippen LogP contribution in [-0.2, 0) is 48.9 Å². The van der Waals surface area contributed by atoms with Gasteiger partial charge in [0.15, 0.2) is 0 Å². The Morgan fingerprint density at radius 1 is 0.657 bits per heavy atom. The number of carbonyl (C=O) groups excluding carboxylic acids is 4. The highest BCUT2D eigenvalue weighted by Crippen LogP contribution is 2.49. The number of alkyl halides is 6. The zero-order valence-corrected chi connectivity index (χ0v) is 58.0. The fraction of sp³-hybridized carbons (Fsp3) is 0.438. The van der Waals surface area contributed by atoms with Crippen LogP contribution in [0.5, 0.6) is 0 Å². The van der Waals surface area contributed by atoms with Crippen LogP contribution in [0.25, 0.3) is 11.1 Å².